The second-order valence-electron chi connectivity index (χ2n) is 7.31. The number of pyridine rings is 1. The summed E-state index contributed by atoms with van der Waals surface area (Å²) in [4.78, 5) is 23.0. The Labute approximate surface area is 199 Å². The quantitative estimate of drug-likeness (QED) is 0.217. The lowest BCUT2D eigenvalue weighted by molar-refractivity contribution is -0.134. The van der Waals surface area contributed by atoms with E-state index in [-0.39, 0.29) is 35.9 Å². The van der Waals surface area contributed by atoms with Gasteiger partial charge in [0.05, 0.1) is 10.0 Å². The SMILES string of the molecule is CN=C(NCCNc1ncc(Cl)cc1Cl)NC1CCN(C(=O)C2CCCC2)C1.I. The van der Waals surface area contributed by atoms with Crippen molar-refractivity contribution < 1.29 is 4.79 Å². The monoisotopic (exact) mass is 554 g/mol. The van der Waals surface area contributed by atoms with Crippen molar-refractivity contribution in [2.24, 2.45) is 10.9 Å². The van der Waals surface area contributed by atoms with Gasteiger partial charge in [0.1, 0.15) is 5.82 Å². The van der Waals surface area contributed by atoms with Gasteiger partial charge in [0, 0.05) is 51.4 Å². The van der Waals surface area contributed by atoms with Gasteiger partial charge in [-0.05, 0) is 25.3 Å². The standard InChI is InChI=1S/C19H28Cl2N6O.HI/c1-22-19(24-8-7-23-17-16(21)10-14(20)11-25-17)26-15-6-9-27(12-15)18(28)13-4-2-3-5-13;/h10-11,13,15H,2-9,12H2,1H3,(H,23,25)(H2,22,24,26);1H. The Kier molecular flexibility index (Phi) is 10.0. The number of halogens is 3. The molecule has 3 N–H and O–H groups in total. The van der Waals surface area contributed by atoms with Crippen molar-refractivity contribution in [2.45, 2.75) is 38.1 Å². The lowest BCUT2D eigenvalue weighted by Crippen LogP contribution is -2.46. The molecule has 1 unspecified atom stereocenters. The smallest absolute Gasteiger partial charge is 0.225 e. The van der Waals surface area contributed by atoms with Gasteiger partial charge in [0.2, 0.25) is 5.91 Å². The van der Waals surface area contributed by atoms with Gasteiger partial charge in [-0.25, -0.2) is 4.98 Å². The van der Waals surface area contributed by atoms with Crippen LogP contribution in [0.5, 0.6) is 0 Å². The van der Waals surface area contributed by atoms with E-state index in [1.54, 1.807) is 19.3 Å². The lowest BCUT2D eigenvalue weighted by Gasteiger charge is -2.21. The van der Waals surface area contributed by atoms with Crippen LogP contribution in [-0.2, 0) is 4.79 Å². The molecule has 7 nitrogen and oxygen atoms in total. The van der Waals surface area contributed by atoms with Gasteiger partial charge in [-0.15, -0.1) is 24.0 Å². The molecular formula is C19H29Cl2IN6O. The van der Waals surface area contributed by atoms with E-state index in [0.717, 1.165) is 38.3 Å². The Hall–Kier alpha value is -1.000. The average Bonchev–Trinajstić information content (AvgIpc) is 3.37. The van der Waals surface area contributed by atoms with Gasteiger partial charge in [-0.1, -0.05) is 36.0 Å². The van der Waals surface area contributed by atoms with E-state index in [1.165, 1.54) is 12.8 Å². The van der Waals surface area contributed by atoms with Crippen molar-refractivity contribution in [3.63, 3.8) is 0 Å². The van der Waals surface area contributed by atoms with Crippen LogP contribution in [0, 0.1) is 5.92 Å². The molecule has 2 fully saturated rings. The maximum atomic E-state index is 12.6. The molecule has 0 bridgehead atoms. The summed E-state index contributed by atoms with van der Waals surface area (Å²) in [6, 6.07) is 1.89. The summed E-state index contributed by atoms with van der Waals surface area (Å²) in [6.07, 6.45) is 6.98. The Morgan fingerprint density at radius 2 is 2.03 bits per heavy atom. The summed E-state index contributed by atoms with van der Waals surface area (Å²) in [5.74, 6) is 1.92. The number of likely N-dealkylation sites (tertiary alicyclic amines) is 1. The summed E-state index contributed by atoms with van der Waals surface area (Å²) < 4.78 is 0. The van der Waals surface area contributed by atoms with E-state index >= 15 is 0 Å². The van der Waals surface area contributed by atoms with Crippen molar-refractivity contribution in [1.82, 2.24) is 20.5 Å². The molecule has 10 heteroatoms. The molecule has 2 heterocycles. The average molecular weight is 555 g/mol. The number of amides is 1. The van der Waals surface area contributed by atoms with Crippen molar-refractivity contribution in [3.05, 3.63) is 22.3 Å². The number of nitrogens with zero attached hydrogens (tertiary/aromatic N) is 3. The first kappa shape index (κ1) is 24.3. The van der Waals surface area contributed by atoms with Crippen LogP contribution in [0.15, 0.2) is 17.3 Å². The molecule has 1 atom stereocenters. The predicted molar refractivity (Wildman–Crippen MR) is 130 cm³/mol. The molecular weight excluding hydrogens is 526 g/mol. The molecule has 1 aliphatic carbocycles. The first-order valence-electron chi connectivity index (χ1n) is 9.87. The highest BCUT2D eigenvalue weighted by molar-refractivity contribution is 14.0. The van der Waals surface area contributed by atoms with Crippen LogP contribution in [0.25, 0.3) is 0 Å². The Balaban J connectivity index is 0.00000300. The largest absolute Gasteiger partial charge is 0.367 e. The highest BCUT2D eigenvalue weighted by Gasteiger charge is 2.32. The van der Waals surface area contributed by atoms with Gasteiger partial charge in [0.25, 0.3) is 0 Å². The third-order valence-corrected chi connectivity index (χ3v) is 5.78. The van der Waals surface area contributed by atoms with Crippen molar-refractivity contribution in [2.75, 3.05) is 38.5 Å². The maximum Gasteiger partial charge on any atom is 0.225 e. The zero-order chi connectivity index (χ0) is 19.9. The minimum absolute atomic E-state index is 0. The molecule has 0 aromatic carbocycles. The highest BCUT2D eigenvalue weighted by Crippen LogP contribution is 2.27. The van der Waals surface area contributed by atoms with Crippen LogP contribution in [-0.4, -0.2) is 61.0 Å². The van der Waals surface area contributed by atoms with Gasteiger partial charge in [-0.2, -0.15) is 0 Å². The molecule has 162 valence electrons. The van der Waals surface area contributed by atoms with E-state index in [2.05, 4.69) is 25.9 Å². The van der Waals surface area contributed by atoms with Crippen LogP contribution >= 0.6 is 47.2 Å². The fourth-order valence-electron chi connectivity index (χ4n) is 3.80. The summed E-state index contributed by atoms with van der Waals surface area (Å²) in [6.45, 7) is 2.86. The van der Waals surface area contributed by atoms with Gasteiger partial charge in [-0.3, -0.25) is 9.79 Å². The van der Waals surface area contributed by atoms with E-state index < -0.39 is 0 Å². The summed E-state index contributed by atoms with van der Waals surface area (Å²) in [5.41, 5.74) is 0. The number of hydrogen-bond donors (Lipinski definition) is 3. The van der Waals surface area contributed by atoms with Gasteiger partial charge in [0.15, 0.2) is 5.96 Å². The molecule has 3 rings (SSSR count). The predicted octanol–water partition coefficient (Wildman–Crippen LogP) is 3.37. The van der Waals surface area contributed by atoms with Crippen LogP contribution in [0.3, 0.4) is 0 Å². The van der Waals surface area contributed by atoms with Crippen LogP contribution in [0.1, 0.15) is 32.1 Å². The number of hydrogen-bond acceptors (Lipinski definition) is 4. The molecule has 29 heavy (non-hydrogen) atoms. The lowest BCUT2D eigenvalue weighted by atomic mass is 10.1. The Morgan fingerprint density at radius 1 is 1.28 bits per heavy atom. The minimum Gasteiger partial charge on any atom is -0.367 e. The zero-order valence-corrected chi connectivity index (χ0v) is 20.4. The fraction of sp³-hybridized carbons (Fsp3) is 0.632. The third kappa shape index (κ3) is 7.03. The Morgan fingerprint density at radius 3 is 2.72 bits per heavy atom. The van der Waals surface area contributed by atoms with Crippen molar-refractivity contribution in [3.8, 4) is 0 Å². The summed E-state index contributed by atoms with van der Waals surface area (Å²) in [7, 11) is 1.75. The van der Waals surface area contributed by atoms with Crippen LogP contribution < -0.4 is 16.0 Å². The minimum atomic E-state index is 0. The molecule has 0 spiro atoms. The number of nitrogens with one attached hydrogen (secondary N) is 3. The molecule has 1 saturated carbocycles. The summed E-state index contributed by atoms with van der Waals surface area (Å²) >= 11 is 12.0. The normalized spacial score (nSPS) is 19.8. The van der Waals surface area contributed by atoms with Gasteiger partial charge < -0.3 is 20.9 Å². The third-order valence-electron chi connectivity index (χ3n) is 5.29. The first-order valence-corrected chi connectivity index (χ1v) is 10.6. The number of aromatic nitrogens is 1. The number of anilines is 1. The first-order chi connectivity index (χ1) is 13.6. The van der Waals surface area contributed by atoms with Crippen molar-refractivity contribution in [1.29, 1.82) is 0 Å². The topological polar surface area (TPSA) is 81.7 Å². The second-order valence-corrected chi connectivity index (χ2v) is 8.15. The number of aliphatic imine (C=N–C) groups is 1. The summed E-state index contributed by atoms with van der Waals surface area (Å²) in [5, 5.41) is 10.9. The molecule has 1 aromatic rings. The molecule has 1 saturated heterocycles. The second kappa shape index (κ2) is 12.0. The molecule has 1 amide bonds. The molecule has 2 aliphatic rings. The fourth-order valence-corrected chi connectivity index (χ4v) is 4.25. The number of guanidine groups is 1. The molecule has 1 aromatic heterocycles. The van der Waals surface area contributed by atoms with Gasteiger partial charge >= 0.3 is 0 Å². The van der Waals surface area contributed by atoms with E-state index in [9.17, 15) is 4.79 Å². The van der Waals surface area contributed by atoms with E-state index in [0.29, 0.717) is 34.9 Å². The van der Waals surface area contributed by atoms with Crippen molar-refractivity contribution >= 4 is 64.9 Å². The van der Waals surface area contributed by atoms with E-state index in [4.69, 9.17) is 23.2 Å². The molecule has 0 radical (unpaired) electrons. The van der Waals surface area contributed by atoms with Crippen LogP contribution in [0.4, 0.5) is 5.82 Å². The number of rotatable bonds is 6. The zero-order valence-electron chi connectivity index (χ0n) is 16.6. The number of carbonyl (C=O) groups excluding carboxylic acids is 1. The van der Waals surface area contributed by atoms with Crippen LogP contribution in [0.2, 0.25) is 10.0 Å². The maximum absolute atomic E-state index is 12.6. The number of carbonyl (C=O) groups is 1. The molecule has 1 aliphatic heterocycles. The Bertz CT molecular complexity index is 714. The highest BCUT2D eigenvalue weighted by atomic mass is 127. The van der Waals surface area contributed by atoms with E-state index in [1.807, 2.05) is 4.90 Å².